The molecule has 0 aliphatic heterocycles. The Hall–Kier alpha value is -1.62. The summed E-state index contributed by atoms with van der Waals surface area (Å²) in [5.74, 6) is 0.744. The quantitative estimate of drug-likeness (QED) is 0.786. The molecule has 0 aliphatic rings. The van der Waals surface area contributed by atoms with E-state index in [0.717, 1.165) is 17.9 Å². The summed E-state index contributed by atoms with van der Waals surface area (Å²) in [6.07, 6.45) is 0.356. The molecule has 1 rings (SSSR count). The number of anilines is 1. The van der Waals surface area contributed by atoms with Crippen molar-refractivity contribution in [3.63, 3.8) is 0 Å². The number of halogens is 1. The van der Waals surface area contributed by atoms with Crippen molar-refractivity contribution in [2.75, 3.05) is 25.5 Å². The predicted molar refractivity (Wildman–Crippen MR) is 85.3 cm³/mol. The third-order valence-electron chi connectivity index (χ3n) is 2.51. The first-order valence-electron chi connectivity index (χ1n) is 6.86. The van der Waals surface area contributed by atoms with Crippen LogP contribution >= 0.6 is 11.6 Å². The van der Waals surface area contributed by atoms with Crippen LogP contribution < -0.4 is 15.4 Å². The highest BCUT2D eigenvalue weighted by Crippen LogP contribution is 2.26. The average Bonchev–Trinajstić information content (AvgIpc) is 2.38. The monoisotopic (exact) mass is 314 g/mol. The van der Waals surface area contributed by atoms with Crippen LogP contribution in [0.2, 0.25) is 5.02 Å². The van der Waals surface area contributed by atoms with E-state index in [4.69, 9.17) is 21.1 Å². The highest BCUT2D eigenvalue weighted by molar-refractivity contribution is 6.33. The Morgan fingerprint density at radius 1 is 1.29 bits per heavy atom. The Morgan fingerprint density at radius 3 is 2.62 bits per heavy atom. The summed E-state index contributed by atoms with van der Waals surface area (Å²) >= 11 is 6.08. The van der Waals surface area contributed by atoms with Crippen LogP contribution in [0, 0.1) is 0 Å². The molecule has 0 spiro atoms. The van der Waals surface area contributed by atoms with Gasteiger partial charge in [-0.05, 0) is 39.3 Å². The number of amides is 1. The second-order valence-electron chi connectivity index (χ2n) is 5.55. The molecule has 21 heavy (non-hydrogen) atoms. The third-order valence-corrected chi connectivity index (χ3v) is 2.84. The first-order chi connectivity index (χ1) is 9.81. The van der Waals surface area contributed by atoms with Crippen LogP contribution in [0.5, 0.6) is 5.75 Å². The summed E-state index contributed by atoms with van der Waals surface area (Å²) in [5.41, 5.74) is 0.337. The molecule has 0 heterocycles. The molecule has 0 atom stereocenters. The highest BCUT2D eigenvalue weighted by Gasteiger charge is 2.15. The van der Waals surface area contributed by atoms with Gasteiger partial charge in [-0.1, -0.05) is 11.6 Å². The topological polar surface area (TPSA) is 59.6 Å². The van der Waals surface area contributed by atoms with Crippen LogP contribution in [0.3, 0.4) is 0 Å². The average molecular weight is 315 g/mol. The Kier molecular flexibility index (Phi) is 6.62. The van der Waals surface area contributed by atoms with Crippen molar-refractivity contribution in [3.05, 3.63) is 23.2 Å². The molecule has 0 aliphatic carbocycles. The lowest BCUT2D eigenvalue weighted by Gasteiger charge is -2.19. The Balaban J connectivity index is 2.27. The van der Waals surface area contributed by atoms with E-state index in [1.807, 2.05) is 26.8 Å². The molecule has 118 valence electrons. The van der Waals surface area contributed by atoms with Crippen molar-refractivity contribution in [2.45, 2.75) is 32.8 Å². The van der Waals surface area contributed by atoms with Gasteiger partial charge in [0.1, 0.15) is 11.4 Å². The maximum Gasteiger partial charge on any atom is 0.407 e. The lowest BCUT2D eigenvalue weighted by molar-refractivity contribution is 0.0528. The van der Waals surface area contributed by atoms with Crippen molar-refractivity contribution in [2.24, 2.45) is 0 Å². The number of methoxy groups -OCH3 is 1. The fourth-order valence-electron chi connectivity index (χ4n) is 1.58. The van der Waals surface area contributed by atoms with Gasteiger partial charge in [0.05, 0.1) is 17.8 Å². The van der Waals surface area contributed by atoms with Gasteiger partial charge in [-0.3, -0.25) is 0 Å². The number of nitrogens with one attached hydrogen (secondary N) is 2. The Labute approximate surface area is 131 Å². The van der Waals surface area contributed by atoms with Gasteiger partial charge in [0, 0.05) is 19.2 Å². The molecule has 0 aromatic heterocycles. The molecule has 5 nitrogen and oxygen atoms in total. The van der Waals surface area contributed by atoms with E-state index in [1.54, 1.807) is 19.2 Å². The number of hydrogen-bond donors (Lipinski definition) is 2. The molecular weight excluding hydrogens is 292 g/mol. The van der Waals surface area contributed by atoms with Crippen LogP contribution in [0.4, 0.5) is 10.5 Å². The van der Waals surface area contributed by atoms with E-state index in [2.05, 4.69) is 10.6 Å². The molecule has 1 aromatic rings. The van der Waals surface area contributed by atoms with E-state index < -0.39 is 11.7 Å². The summed E-state index contributed by atoms with van der Waals surface area (Å²) < 4.78 is 10.3. The molecule has 0 saturated heterocycles. The minimum absolute atomic E-state index is 0.401. The van der Waals surface area contributed by atoms with Gasteiger partial charge in [0.25, 0.3) is 0 Å². The van der Waals surface area contributed by atoms with E-state index >= 15 is 0 Å². The fraction of sp³-hybridized carbons (Fsp3) is 0.533. The van der Waals surface area contributed by atoms with Crippen LogP contribution in [-0.2, 0) is 4.74 Å². The molecule has 0 radical (unpaired) electrons. The molecule has 0 saturated carbocycles. The Bertz CT molecular complexity index is 472. The second kappa shape index (κ2) is 7.98. The van der Waals surface area contributed by atoms with Crippen LogP contribution in [0.15, 0.2) is 18.2 Å². The summed E-state index contributed by atoms with van der Waals surface area (Å²) in [5, 5.41) is 6.54. The lowest BCUT2D eigenvalue weighted by atomic mass is 10.2. The SMILES string of the molecule is COc1ccc(Cl)c(NCCCNC(=O)OC(C)(C)C)c1. The zero-order chi connectivity index (χ0) is 15.9. The van der Waals surface area contributed by atoms with Crippen molar-refractivity contribution >= 4 is 23.4 Å². The van der Waals surface area contributed by atoms with E-state index in [9.17, 15) is 4.79 Å². The second-order valence-corrected chi connectivity index (χ2v) is 5.96. The van der Waals surface area contributed by atoms with Crippen molar-refractivity contribution in [1.29, 1.82) is 0 Å². The normalized spacial score (nSPS) is 10.9. The Morgan fingerprint density at radius 2 is 2.00 bits per heavy atom. The van der Waals surface area contributed by atoms with Crippen LogP contribution in [0.1, 0.15) is 27.2 Å². The molecule has 6 heteroatoms. The maximum absolute atomic E-state index is 11.4. The largest absolute Gasteiger partial charge is 0.497 e. The smallest absolute Gasteiger partial charge is 0.407 e. The number of hydrogen-bond acceptors (Lipinski definition) is 4. The van der Waals surface area contributed by atoms with Crippen molar-refractivity contribution < 1.29 is 14.3 Å². The van der Waals surface area contributed by atoms with E-state index in [-0.39, 0.29) is 0 Å². The number of alkyl carbamates (subject to hydrolysis) is 1. The molecule has 0 fully saturated rings. The van der Waals surface area contributed by atoms with E-state index in [0.29, 0.717) is 18.1 Å². The summed E-state index contributed by atoms with van der Waals surface area (Å²) in [7, 11) is 1.61. The summed E-state index contributed by atoms with van der Waals surface area (Å²) in [4.78, 5) is 11.4. The van der Waals surface area contributed by atoms with Gasteiger partial charge < -0.3 is 20.1 Å². The number of rotatable bonds is 6. The third kappa shape index (κ3) is 7.09. The molecule has 2 N–H and O–H groups in total. The number of carbonyl (C=O) groups is 1. The van der Waals surface area contributed by atoms with E-state index in [1.165, 1.54) is 0 Å². The maximum atomic E-state index is 11.4. The number of benzene rings is 1. The predicted octanol–water partition coefficient (Wildman–Crippen LogP) is 3.68. The standard InChI is InChI=1S/C15H23ClN2O3/c1-15(2,3)21-14(19)18-9-5-8-17-13-10-11(20-4)6-7-12(13)16/h6-7,10,17H,5,8-9H2,1-4H3,(H,18,19). The lowest BCUT2D eigenvalue weighted by Crippen LogP contribution is -2.33. The van der Waals surface area contributed by atoms with Crippen molar-refractivity contribution in [1.82, 2.24) is 5.32 Å². The number of ether oxygens (including phenoxy) is 2. The first kappa shape index (κ1) is 17.4. The van der Waals surface area contributed by atoms with Gasteiger partial charge in [0.2, 0.25) is 0 Å². The van der Waals surface area contributed by atoms with Crippen molar-refractivity contribution in [3.8, 4) is 5.75 Å². The zero-order valence-electron chi connectivity index (χ0n) is 13.0. The van der Waals surface area contributed by atoms with Crippen LogP contribution in [0.25, 0.3) is 0 Å². The van der Waals surface area contributed by atoms with Gasteiger partial charge in [-0.2, -0.15) is 0 Å². The molecule has 0 bridgehead atoms. The molecular formula is C15H23ClN2O3. The minimum Gasteiger partial charge on any atom is -0.497 e. The molecule has 0 unspecified atom stereocenters. The molecule has 1 aromatic carbocycles. The van der Waals surface area contributed by atoms with Gasteiger partial charge in [-0.25, -0.2) is 4.79 Å². The highest BCUT2D eigenvalue weighted by atomic mass is 35.5. The minimum atomic E-state index is -0.476. The summed E-state index contributed by atoms with van der Waals surface area (Å²) in [6, 6.07) is 5.42. The molecule has 1 amide bonds. The zero-order valence-corrected chi connectivity index (χ0v) is 13.7. The number of carbonyl (C=O) groups excluding carboxylic acids is 1. The fourth-order valence-corrected chi connectivity index (χ4v) is 1.77. The van der Waals surface area contributed by atoms with Crippen LogP contribution in [-0.4, -0.2) is 31.9 Å². The first-order valence-corrected chi connectivity index (χ1v) is 7.24. The van der Waals surface area contributed by atoms with Gasteiger partial charge in [-0.15, -0.1) is 0 Å². The van der Waals surface area contributed by atoms with Gasteiger partial charge >= 0.3 is 6.09 Å². The summed E-state index contributed by atoms with van der Waals surface area (Å²) in [6.45, 7) is 6.71. The van der Waals surface area contributed by atoms with Gasteiger partial charge in [0.15, 0.2) is 0 Å².